The lowest BCUT2D eigenvalue weighted by molar-refractivity contribution is -0.134. The predicted molar refractivity (Wildman–Crippen MR) is 77.1 cm³/mol. The van der Waals surface area contributed by atoms with Gasteiger partial charge in [0.15, 0.2) is 0 Å². The summed E-state index contributed by atoms with van der Waals surface area (Å²) in [4.78, 5) is 12.0. The minimum atomic E-state index is -0.0337. The van der Waals surface area contributed by atoms with Gasteiger partial charge in [0.2, 0.25) is 5.91 Å². The summed E-state index contributed by atoms with van der Waals surface area (Å²) in [6.45, 7) is 2.57. The summed E-state index contributed by atoms with van der Waals surface area (Å²) in [5, 5.41) is 2.58. The van der Waals surface area contributed by atoms with E-state index in [1.165, 1.54) is 0 Å². The molecule has 1 heterocycles. The standard InChI is InChI=1S/C13H16Cl2N2O3/c14-10-1-2-11(15)12(9-10)20-6-3-13(18)17-5-8-19-7-4-16-17/h1-2,9,16H,3-8H2. The van der Waals surface area contributed by atoms with Crippen LogP contribution < -0.4 is 10.2 Å². The van der Waals surface area contributed by atoms with Gasteiger partial charge in [-0.1, -0.05) is 23.2 Å². The Bertz CT molecular complexity index is 463. The average molecular weight is 319 g/mol. The molecule has 110 valence electrons. The molecule has 0 aromatic heterocycles. The van der Waals surface area contributed by atoms with Gasteiger partial charge in [-0.05, 0) is 12.1 Å². The maximum absolute atomic E-state index is 12.0. The Balaban J connectivity index is 1.80. The van der Waals surface area contributed by atoms with E-state index in [2.05, 4.69) is 5.43 Å². The van der Waals surface area contributed by atoms with E-state index in [1.54, 1.807) is 23.2 Å². The summed E-state index contributed by atoms with van der Waals surface area (Å²) in [5.74, 6) is 0.452. The van der Waals surface area contributed by atoms with Gasteiger partial charge >= 0.3 is 0 Å². The molecule has 0 aliphatic carbocycles. The highest BCUT2D eigenvalue weighted by molar-refractivity contribution is 6.34. The zero-order valence-corrected chi connectivity index (χ0v) is 12.4. The van der Waals surface area contributed by atoms with Crippen molar-refractivity contribution in [3.63, 3.8) is 0 Å². The summed E-state index contributed by atoms with van der Waals surface area (Å²) in [6, 6.07) is 4.98. The second kappa shape index (κ2) is 7.69. The normalized spacial score (nSPS) is 15.8. The van der Waals surface area contributed by atoms with Crippen molar-refractivity contribution in [2.75, 3.05) is 32.9 Å². The van der Waals surface area contributed by atoms with Gasteiger partial charge in [0.05, 0.1) is 37.8 Å². The van der Waals surface area contributed by atoms with Crippen LogP contribution in [0.5, 0.6) is 5.75 Å². The topological polar surface area (TPSA) is 50.8 Å². The van der Waals surface area contributed by atoms with Crippen molar-refractivity contribution < 1.29 is 14.3 Å². The zero-order valence-electron chi connectivity index (χ0n) is 10.9. The van der Waals surface area contributed by atoms with E-state index < -0.39 is 0 Å². The first-order valence-electron chi connectivity index (χ1n) is 6.36. The molecule has 1 amide bonds. The number of benzene rings is 1. The first-order chi connectivity index (χ1) is 9.66. The fraction of sp³-hybridized carbons (Fsp3) is 0.462. The molecule has 1 aliphatic rings. The van der Waals surface area contributed by atoms with Crippen molar-refractivity contribution in [3.8, 4) is 5.75 Å². The van der Waals surface area contributed by atoms with Gasteiger partial charge in [-0.3, -0.25) is 9.80 Å². The van der Waals surface area contributed by atoms with E-state index >= 15 is 0 Å². The Labute approximate surface area is 127 Å². The molecule has 20 heavy (non-hydrogen) atoms. The Hall–Kier alpha value is -1.01. The molecule has 1 N–H and O–H groups in total. The van der Waals surface area contributed by atoms with E-state index in [1.807, 2.05) is 0 Å². The van der Waals surface area contributed by atoms with Gasteiger partial charge in [-0.25, -0.2) is 5.43 Å². The number of ether oxygens (including phenoxy) is 2. The Morgan fingerprint density at radius 2 is 2.25 bits per heavy atom. The van der Waals surface area contributed by atoms with E-state index in [9.17, 15) is 4.79 Å². The van der Waals surface area contributed by atoms with E-state index in [0.29, 0.717) is 42.1 Å². The summed E-state index contributed by atoms with van der Waals surface area (Å²) in [7, 11) is 0. The second-order valence-corrected chi connectivity index (χ2v) is 5.08. The number of carbonyl (C=O) groups excluding carboxylic acids is 1. The van der Waals surface area contributed by atoms with Crippen LogP contribution >= 0.6 is 23.2 Å². The number of carbonyl (C=O) groups is 1. The minimum Gasteiger partial charge on any atom is -0.491 e. The van der Waals surface area contributed by atoms with Gasteiger partial charge in [0.1, 0.15) is 5.75 Å². The molecular weight excluding hydrogens is 303 g/mol. The third-order valence-electron chi connectivity index (χ3n) is 2.78. The molecule has 1 aromatic carbocycles. The lowest BCUT2D eigenvalue weighted by Gasteiger charge is -2.20. The SMILES string of the molecule is O=C(CCOc1cc(Cl)ccc1Cl)N1CCOCCN1. The minimum absolute atomic E-state index is 0.0337. The van der Waals surface area contributed by atoms with Crippen molar-refractivity contribution in [1.29, 1.82) is 0 Å². The van der Waals surface area contributed by atoms with Crippen molar-refractivity contribution in [2.45, 2.75) is 6.42 Å². The van der Waals surface area contributed by atoms with Crippen molar-refractivity contribution in [2.24, 2.45) is 0 Å². The quantitative estimate of drug-likeness (QED) is 0.924. The molecule has 5 nitrogen and oxygen atoms in total. The fourth-order valence-corrected chi connectivity index (χ4v) is 2.11. The number of rotatable bonds is 4. The second-order valence-electron chi connectivity index (χ2n) is 4.24. The van der Waals surface area contributed by atoms with Gasteiger partial charge in [0, 0.05) is 17.6 Å². The van der Waals surface area contributed by atoms with Crippen LogP contribution in [0.4, 0.5) is 0 Å². The molecule has 1 fully saturated rings. The number of amides is 1. The molecular formula is C13H16Cl2N2O3. The van der Waals surface area contributed by atoms with Crippen molar-refractivity contribution in [1.82, 2.24) is 10.4 Å². The number of nitrogens with zero attached hydrogens (tertiary/aromatic N) is 1. The zero-order chi connectivity index (χ0) is 14.4. The summed E-state index contributed by atoms with van der Waals surface area (Å²) in [5.41, 5.74) is 3.01. The number of halogens is 2. The molecule has 0 saturated carbocycles. The molecule has 0 atom stereocenters. The fourth-order valence-electron chi connectivity index (χ4n) is 1.77. The Morgan fingerprint density at radius 1 is 1.40 bits per heavy atom. The average Bonchev–Trinajstić information content (AvgIpc) is 2.71. The molecule has 0 bridgehead atoms. The van der Waals surface area contributed by atoms with Crippen LogP contribution in [-0.2, 0) is 9.53 Å². The highest BCUT2D eigenvalue weighted by atomic mass is 35.5. The lowest BCUT2D eigenvalue weighted by Crippen LogP contribution is -2.44. The predicted octanol–water partition coefficient (Wildman–Crippen LogP) is 2.13. The van der Waals surface area contributed by atoms with Gasteiger partial charge < -0.3 is 9.47 Å². The maximum Gasteiger partial charge on any atom is 0.240 e. The van der Waals surface area contributed by atoms with Crippen LogP contribution in [0.2, 0.25) is 10.0 Å². The molecule has 2 rings (SSSR count). The summed E-state index contributed by atoms with van der Waals surface area (Å²) in [6.07, 6.45) is 0.260. The van der Waals surface area contributed by atoms with Crippen LogP contribution in [0, 0.1) is 0 Å². The van der Waals surface area contributed by atoms with Gasteiger partial charge in [-0.15, -0.1) is 0 Å². The van der Waals surface area contributed by atoms with Crippen LogP contribution in [-0.4, -0.2) is 43.8 Å². The van der Waals surface area contributed by atoms with Crippen molar-refractivity contribution in [3.05, 3.63) is 28.2 Å². The first kappa shape index (κ1) is 15.4. The number of nitrogens with one attached hydrogen (secondary N) is 1. The molecule has 0 spiro atoms. The smallest absolute Gasteiger partial charge is 0.240 e. The Kier molecular flexibility index (Phi) is 5.91. The number of hydrogen-bond acceptors (Lipinski definition) is 4. The van der Waals surface area contributed by atoms with E-state index in [0.717, 1.165) is 0 Å². The van der Waals surface area contributed by atoms with Crippen LogP contribution in [0.25, 0.3) is 0 Å². The molecule has 0 radical (unpaired) electrons. The van der Waals surface area contributed by atoms with E-state index in [4.69, 9.17) is 32.7 Å². The van der Waals surface area contributed by atoms with Gasteiger partial charge in [0.25, 0.3) is 0 Å². The van der Waals surface area contributed by atoms with Crippen LogP contribution in [0.1, 0.15) is 6.42 Å². The number of hydrazine groups is 1. The lowest BCUT2D eigenvalue weighted by atomic mass is 10.3. The number of hydrogen-bond donors (Lipinski definition) is 1. The first-order valence-corrected chi connectivity index (χ1v) is 7.12. The van der Waals surface area contributed by atoms with Gasteiger partial charge in [-0.2, -0.15) is 0 Å². The third kappa shape index (κ3) is 4.52. The summed E-state index contributed by atoms with van der Waals surface area (Å²) < 4.78 is 10.7. The van der Waals surface area contributed by atoms with E-state index in [-0.39, 0.29) is 18.9 Å². The molecule has 1 aliphatic heterocycles. The molecule has 7 heteroatoms. The summed E-state index contributed by atoms with van der Waals surface area (Å²) >= 11 is 11.8. The maximum atomic E-state index is 12.0. The van der Waals surface area contributed by atoms with Crippen molar-refractivity contribution >= 4 is 29.1 Å². The Morgan fingerprint density at radius 3 is 3.10 bits per heavy atom. The largest absolute Gasteiger partial charge is 0.491 e. The van der Waals surface area contributed by atoms with Crippen LogP contribution in [0.3, 0.4) is 0 Å². The highest BCUT2D eigenvalue weighted by Gasteiger charge is 2.15. The monoisotopic (exact) mass is 318 g/mol. The highest BCUT2D eigenvalue weighted by Crippen LogP contribution is 2.27. The van der Waals surface area contributed by atoms with Crippen LogP contribution in [0.15, 0.2) is 18.2 Å². The molecule has 1 saturated heterocycles. The third-order valence-corrected chi connectivity index (χ3v) is 3.32. The molecule has 1 aromatic rings. The molecule has 0 unspecified atom stereocenters.